The topological polar surface area (TPSA) is 453 Å². The van der Waals surface area contributed by atoms with Gasteiger partial charge in [0.05, 0.1) is 160 Å². The van der Waals surface area contributed by atoms with E-state index in [1.54, 1.807) is 45.0 Å². The molecule has 1 aliphatic carbocycles. The van der Waals surface area contributed by atoms with Gasteiger partial charge >= 0.3 is 5.97 Å². The highest BCUT2D eigenvalue weighted by atomic mass is 16.6. The summed E-state index contributed by atoms with van der Waals surface area (Å²) in [6.07, 6.45) is 16.0. The van der Waals surface area contributed by atoms with Gasteiger partial charge in [-0.05, 0) is 137 Å². The van der Waals surface area contributed by atoms with Crippen LogP contribution in [0.15, 0.2) is 87.9 Å². The fraction of sp³-hybridized carbons (Fsp3) is 0.697. The van der Waals surface area contributed by atoms with Crippen LogP contribution in [0.3, 0.4) is 0 Å². The number of nitrogens with one attached hydrogen (secondary N) is 2. The molecule has 2 bridgehead atoms. The van der Waals surface area contributed by atoms with Gasteiger partial charge in [-0.1, -0.05) is 87.5 Å². The summed E-state index contributed by atoms with van der Waals surface area (Å²) in [5.74, 6) is -6.82. The van der Waals surface area contributed by atoms with Gasteiger partial charge in [0, 0.05) is 78.0 Å². The second-order valence-corrected chi connectivity index (χ2v) is 33.1. The third kappa shape index (κ3) is 31.4. The van der Waals surface area contributed by atoms with Crippen LogP contribution in [0.1, 0.15) is 168 Å². The van der Waals surface area contributed by atoms with Gasteiger partial charge in [0.1, 0.15) is 47.7 Å². The number of unbranched alkanes of at least 4 members (excludes halogenated alkanes) is 1. The number of methoxy groups -OCH3 is 3. The molecule has 36 nitrogen and oxygen atoms in total. The number of oxime groups is 1. The molecule has 2 amide bonds. The van der Waals surface area contributed by atoms with Crippen molar-refractivity contribution in [2.45, 2.75) is 219 Å². The number of oxazole rings is 1. The highest BCUT2D eigenvalue weighted by Gasteiger charge is 2.53. The van der Waals surface area contributed by atoms with Crippen molar-refractivity contribution in [3.63, 3.8) is 0 Å². The average Bonchev–Trinajstić information content (AvgIpc) is 1.72. The van der Waals surface area contributed by atoms with Crippen molar-refractivity contribution >= 4 is 63.8 Å². The molecule has 3 aromatic heterocycles. The highest BCUT2D eigenvalue weighted by Crippen LogP contribution is 2.41. The number of ether oxygens (including phenoxy) is 13. The fourth-order valence-corrected chi connectivity index (χ4v) is 16.3. The summed E-state index contributed by atoms with van der Waals surface area (Å²) in [6, 6.07) is 4.29. The summed E-state index contributed by atoms with van der Waals surface area (Å²) in [5, 5.41) is 53.3. The van der Waals surface area contributed by atoms with Crippen LogP contribution in [0.5, 0.6) is 0 Å². The Kier molecular flexibility index (Phi) is 42.6. The minimum Gasteiger partial charge on any atom is -0.460 e. The number of nitrogens with two attached hydrogens (primary N) is 2. The molecule has 0 spiro atoms. The quantitative estimate of drug-likeness (QED) is 0.00746. The van der Waals surface area contributed by atoms with E-state index in [0.717, 1.165) is 29.5 Å². The van der Waals surface area contributed by atoms with Gasteiger partial charge < -0.3 is 108 Å². The van der Waals surface area contributed by atoms with Crippen molar-refractivity contribution in [1.82, 2.24) is 45.6 Å². The first-order valence-corrected chi connectivity index (χ1v) is 44.3. The largest absolute Gasteiger partial charge is 0.460 e. The number of amides is 2. The summed E-state index contributed by atoms with van der Waals surface area (Å²) in [4.78, 5) is 91.4. The number of nitrogen functional groups attached to an aromatic ring is 2. The molecule has 2 saturated heterocycles. The van der Waals surface area contributed by atoms with Gasteiger partial charge in [0.2, 0.25) is 11.7 Å². The normalized spacial score (nSPS) is 28.1. The molecule has 696 valence electrons. The second kappa shape index (κ2) is 53.0. The number of benzene rings is 1. The van der Waals surface area contributed by atoms with Crippen molar-refractivity contribution in [2.24, 2.45) is 40.7 Å². The zero-order valence-electron chi connectivity index (χ0n) is 74.7. The summed E-state index contributed by atoms with van der Waals surface area (Å²) >= 11 is 0. The van der Waals surface area contributed by atoms with Gasteiger partial charge in [0.15, 0.2) is 23.8 Å². The maximum Gasteiger partial charge on any atom is 0.329 e. The van der Waals surface area contributed by atoms with Crippen LogP contribution < -0.4 is 27.2 Å². The number of aliphatic hydroxyl groups excluding tert-OH is 2. The first kappa shape index (κ1) is 101. The van der Waals surface area contributed by atoms with E-state index >= 15 is 4.79 Å². The first-order valence-electron chi connectivity index (χ1n) is 44.3. The molecule has 16 atom stereocenters. The highest BCUT2D eigenvalue weighted by molar-refractivity contribution is 6.39. The third-order valence-corrected chi connectivity index (χ3v) is 23.6. The number of hydrogen-bond acceptors (Lipinski definition) is 33. The molecular weight excluding hydrogens is 1620 g/mol. The predicted octanol–water partition coefficient (Wildman–Crippen LogP) is 7.40. The standard InChI is InChI=1S/C89H137N13O23/c1-58-18-12-11-13-19-59(2)74(111-8)53-68-24-21-64(7)89(110,125-68)83(107)86(108)101-29-16-14-20-71(101)87(109)123-75(61(4)50-65-22-25-72(103)76(51-65)112-9)54-69(60(3)49-63(6)81(106)82(113-10)80(105)62(5)48-58)98-122-56-67-55-100(99-96-67)31-33-115-35-37-117-39-41-119-43-45-121-47-46-120-44-42-118-40-38-116-36-34-114-32-27-77(104)92-28-15-17-30-102-85-78(84(90)93-57-94-85)79(97-102)66-23-26-73-70(52-66)95-88(91)124-73/h11-13,18-19,23,26,49,52,55,57-58,60-62,64-65,68,71-72,74-76,79,81-82,97,103,106,110H,14-17,20-22,24-25,27-48,50-51,53-54,56H2,1-10H3,(H2,91,95)(H,92,104)(H2,90,93,94)/b13-11+,18-12+,59-19+,63-49+,98-69-/t58-,60-,61-,62-,64-,65+,68+,71+,72-,74?,75+,76-,79?,81-,82+,89-/m1/s1. The number of cyclic esters (lactones) is 1. The monoisotopic (exact) mass is 1760 g/mol. The van der Waals surface area contributed by atoms with E-state index in [9.17, 15) is 34.5 Å². The number of aromatic nitrogens is 6. The minimum absolute atomic E-state index is 0.00405. The van der Waals surface area contributed by atoms with Gasteiger partial charge in [-0.25, -0.2) is 24.9 Å². The molecule has 9 N–H and O–H groups in total. The number of fused-ring (bicyclic) bond motifs is 5. The molecule has 1 saturated carbocycles. The molecule has 5 aliphatic rings. The van der Waals surface area contributed by atoms with E-state index in [2.05, 4.69) is 36.0 Å². The van der Waals surface area contributed by atoms with Crippen LogP contribution in [0.4, 0.5) is 17.7 Å². The van der Waals surface area contributed by atoms with E-state index in [-0.39, 0.29) is 86.6 Å². The first-order chi connectivity index (χ1) is 60.4. The number of aliphatic hydroxyl groups is 3. The SMILES string of the molecule is COC1C[C@@H]2CC[C@@H](C)[C@@](O)(O2)C(=O)C(=O)N2CCCC[C@H]2C(=O)O[C@H]([C@H](C)C[C@@H]2CC[C@@H](O)[C@H](OC)C2)C/C(=N/OCc2cn(CCOCCOCCOCCOCCOCCOCCOCCOCCC(=O)NCCCCN3NC(c4ccc5oc(N)nc5c4)c4c(N)ncnc43)nn2)[C@H](C)/C=C(\C)[C@@H](O)[C@@H](OC)C(=O)[C@H](C)C[C@H](C)/C=C/C=C/C=C/1C. The molecule has 4 aliphatic heterocycles. The Balaban J connectivity index is 0.657. The number of Topliss-reactive ketones (excluding diaryl/α,β-unsaturated/α-hetero) is 2. The molecule has 9 rings (SSSR count). The molecule has 7 heterocycles. The lowest BCUT2D eigenvalue weighted by atomic mass is 9.78. The number of carbonyl (C=O) groups is 5. The number of anilines is 3. The maximum absolute atomic E-state index is 15.1. The van der Waals surface area contributed by atoms with E-state index in [1.165, 1.54) is 18.3 Å². The molecular formula is C89H137N13O23. The molecule has 36 heteroatoms. The van der Waals surface area contributed by atoms with Crippen LogP contribution in [0, 0.1) is 35.5 Å². The lowest BCUT2D eigenvalue weighted by Crippen LogP contribution is -2.61. The minimum atomic E-state index is -2.48. The maximum atomic E-state index is 15.1. The van der Waals surface area contributed by atoms with E-state index in [1.807, 2.05) is 88.2 Å². The van der Waals surface area contributed by atoms with E-state index in [0.29, 0.717) is 223 Å². The number of rotatable bonds is 42. The Bertz CT molecular complexity index is 4130. The van der Waals surface area contributed by atoms with Gasteiger partial charge in [-0.2, -0.15) is 4.98 Å². The van der Waals surface area contributed by atoms with Crippen LogP contribution in [-0.2, 0) is 104 Å². The predicted molar refractivity (Wildman–Crippen MR) is 463 cm³/mol. The molecule has 125 heavy (non-hydrogen) atoms. The number of piperidine rings is 1. The summed E-state index contributed by atoms with van der Waals surface area (Å²) in [6.45, 7) is 20.5. The Morgan fingerprint density at radius 1 is 0.760 bits per heavy atom. The van der Waals surface area contributed by atoms with Gasteiger partial charge in [-0.15, -0.1) is 5.10 Å². The Labute approximate surface area is 733 Å². The van der Waals surface area contributed by atoms with Crippen LogP contribution >= 0.6 is 0 Å². The summed E-state index contributed by atoms with van der Waals surface area (Å²) in [7, 11) is 4.56. The van der Waals surface area contributed by atoms with Crippen molar-refractivity contribution < 1.29 is 110 Å². The molecule has 2 unspecified atom stereocenters. The average molecular weight is 1760 g/mol. The molecule has 3 fully saturated rings. The number of hydrazine groups is 1. The van der Waals surface area contributed by atoms with E-state index in [4.69, 9.17) is 87.5 Å². The van der Waals surface area contributed by atoms with Crippen molar-refractivity contribution in [3.05, 3.63) is 95.1 Å². The molecule has 0 radical (unpaired) electrons. The van der Waals surface area contributed by atoms with Crippen LogP contribution in [0.25, 0.3) is 11.1 Å². The number of nitrogens with zero attached hydrogens (tertiary/aromatic N) is 9. The number of esters is 1. The smallest absolute Gasteiger partial charge is 0.329 e. The number of hydrogen-bond donors (Lipinski definition) is 7. The zero-order chi connectivity index (χ0) is 89.6. The zero-order valence-corrected chi connectivity index (χ0v) is 74.7. The van der Waals surface area contributed by atoms with Crippen LogP contribution in [0.2, 0.25) is 0 Å². The second-order valence-electron chi connectivity index (χ2n) is 33.1. The number of allylic oxidation sites excluding steroid dienone is 6. The summed E-state index contributed by atoms with van der Waals surface area (Å²) in [5.41, 5.74) is 20.7. The third-order valence-electron chi connectivity index (χ3n) is 23.6. The van der Waals surface area contributed by atoms with Crippen molar-refractivity contribution in [2.75, 3.05) is 163 Å². The summed E-state index contributed by atoms with van der Waals surface area (Å²) < 4.78 is 82.6. The number of ketones is 2. The van der Waals surface area contributed by atoms with E-state index < -0.39 is 83.9 Å². The lowest BCUT2D eigenvalue weighted by molar-refractivity contribution is -0.265. The van der Waals surface area contributed by atoms with Crippen molar-refractivity contribution in [1.29, 1.82) is 0 Å². The van der Waals surface area contributed by atoms with Gasteiger partial charge in [-0.3, -0.25) is 24.2 Å². The van der Waals surface area contributed by atoms with Crippen LogP contribution in [-0.4, -0.2) is 286 Å². The Hall–Kier alpha value is -8.15. The number of carbonyl (C=O) groups excluding carboxylic acids is 5. The molecule has 1 aromatic carbocycles. The van der Waals surface area contributed by atoms with Gasteiger partial charge in [0.25, 0.3) is 17.7 Å². The Morgan fingerprint density at radius 2 is 1.44 bits per heavy atom. The fourth-order valence-electron chi connectivity index (χ4n) is 16.3. The van der Waals surface area contributed by atoms with Crippen molar-refractivity contribution in [3.8, 4) is 0 Å². The molecule has 4 aromatic rings. The lowest BCUT2D eigenvalue weighted by Gasteiger charge is -2.42. The Morgan fingerprint density at radius 3 is 2.11 bits per heavy atom.